The minimum Gasteiger partial charge on any atom is -0.297 e. The van der Waals surface area contributed by atoms with E-state index in [0.29, 0.717) is 24.6 Å². The van der Waals surface area contributed by atoms with Gasteiger partial charge in [-0.2, -0.15) is 0 Å². The molecule has 1 fully saturated rings. The van der Waals surface area contributed by atoms with Crippen LogP contribution in [0.25, 0.3) is 0 Å². The van der Waals surface area contributed by atoms with Crippen molar-refractivity contribution in [1.82, 2.24) is 14.3 Å². The van der Waals surface area contributed by atoms with E-state index in [4.69, 9.17) is 0 Å². The van der Waals surface area contributed by atoms with Crippen molar-refractivity contribution in [3.8, 4) is 0 Å². The van der Waals surface area contributed by atoms with Crippen LogP contribution in [-0.4, -0.2) is 39.8 Å². The first-order chi connectivity index (χ1) is 17.6. The van der Waals surface area contributed by atoms with E-state index in [0.717, 1.165) is 56.5 Å². The van der Waals surface area contributed by atoms with Crippen molar-refractivity contribution in [2.75, 3.05) is 13.1 Å². The fourth-order valence-corrected chi connectivity index (χ4v) is 5.33. The highest BCUT2D eigenvalue weighted by Gasteiger charge is 2.33. The minimum atomic E-state index is -4.67. The quantitative estimate of drug-likeness (QED) is 0.400. The molecule has 2 aliphatic rings. The molecule has 2 heterocycles. The summed E-state index contributed by atoms with van der Waals surface area (Å²) in [6.45, 7) is 4.81. The monoisotopic (exact) mass is 521 g/mol. The summed E-state index contributed by atoms with van der Waals surface area (Å²) < 4.78 is 58.0. The zero-order valence-electron chi connectivity index (χ0n) is 21.4. The van der Waals surface area contributed by atoms with E-state index >= 15 is 0 Å². The second-order valence-electron chi connectivity index (χ2n) is 10.2. The van der Waals surface area contributed by atoms with Crippen molar-refractivity contribution in [3.63, 3.8) is 0 Å². The third kappa shape index (κ3) is 7.45. The summed E-state index contributed by atoms with van der Waals surface area (Å²) >= 11 is 0. The third-order valence-electron chi connectivity index (χ3n) is 7.57. The molecule has 2 aromatic rings. The van der Waals surface area contributed by atoms with Gasteiger partial charge < -0.3 is 0 Å². The van der Waals surface area contributed by atoms with Crippen LogP contribution in [0.15, 0.2) is 52.9 Å². The second kappa shape index (κ2) is 11.8. The molecular weight excluding hydrogens is 486 g/mol. The summed E-state index contributed by atoms with van der Waals surface area (Å²) in [7, 11) is 1.87. The summed E-state index contributed by atoms with van der Waals surface area (Å²) in [5.41, 5.74) is 3.57. The van der Waals surface area contributed by atoms with Gasteiger partial charge in [-0.1, -0.05) is 36.8 Å². The van der Waals surface area contributed by atoms with E-state index in [2.05, 4.69) is 9.64 Å². The van der Waals surface area contributed by atoms with E-state index in [9.17, 15) is 22.4 Å². The molecule has 0 radical (unpaired) electrons. The van der Waals surface area contributed by atoms with Gasteiger partial charge in [0.2, 0.25) is 0 Å². The van der Waals surface area contributed by atoms with Gasteiger partial charge in [0.05, 0.1) is 18.3 Å². The zero-order chi connectivity index (χ0) is 26.6. The molecule has 1 aromatic carbocycles. The first-order valence-electron chi connectivity index (χ1n) is 12.9. The normalized spacial score (nSPS) is 19.4. The predicted octanol–water partition coefficient (Wildman–Crippen LogP) is 5.66. The zero-order valence-corrected chi connectivity index (χ0v) is 21.4. The number of rotatable bonds is 9. The van der Waals surface area contributed by atoms with Gasteiger partial charge in [-0.15, -0.1) is 13.2 Å². The van der Waals surface area contributed by atoms with Crippen LogP contribution in [-0.2, 0) is 31.3 Å². The molecule has 202 valence electrons. The number of halogens is 4. The summed E-state index contributed by atoms with van der Waals surface area (Å²) in [5.74, 6) is 0.483. The van der Waals surface area contributed by atoms with Crippen molar-refractivity contribution in [2.24, 2.45) is 13.0 Å². The molecule has 0 N–H and O–H groups in total. The second-order valence-corrected chi connectivity index (χ2v) is 10.2. The summed E-state index contributed by atoms with van der Waals surface area (Å²) in [5, 5.41) is 0. The van der Waals surface area contributed by atoms with Crippen LogP contribution >= 0.6 is 0 Å². The number of benzene rings is 1. The Morgan fingerprint density at radius 1 is 1.08 bits per heavy atom. The van der Waals surface area contributed by atoms with Crippen LogP contribution in [0.3, 0.4) is 0 Å². The number of hydrogen-bond donors (Lipinski definition) is 0. The van der Waals surface area contributed by atoms with E-state index < -0.39 is 12.5 Å². The van der Waals surface area contributed by atoms with Gasteiger partial charge in [0, 0.05) is 19.2 Å². The molecule has 5 nitrogen and oxygen atoms in total. The minimum absolute atomic E-state index is 0.0730. The average molecular weight is 522 g/mol. The van der Waals surface area contributed by atoms with Crippen LogP contribution in [0.5, 0.6) is 0 Å². The average Bonchev–Trinajstić information content (AvgIpc) is 3.05. The maximum absolute atomic E-state index is 13.1. The molecule has 1 aliphatic heterocycles. The summed E-state index contributed by atoms with van der Waals surface area (Å²) in [4.78, 5) is 15.4. The van der Waals surface area contributed by atoms with E-state index in [1.54, 1.807) is 16.8 Å². The lowest BCUT2D eigenvalue weighted by atomic mass is 9.90. The molecule has 1 atom stereocenters. The number of aromatic nitrogens is 2. The standard InChI is InChI=1S/C28H35F4N3O2/c1-20-26(19-34-16-14-22(15-17-34)5-3-4-21-6-10-24(29)11-7-21)33(2)35(27(20)36)18-23-8-12-25(13-9-23)37-28(30,31)32/h6-12,22,25H,3-5,13-19H2,1-2H3. The Hall–Kier alpha value is -2.65. The van der Waals surface area contributed by atoms with Crippen molar-refractivity contribution in [3.05, 3.63) is 81.1 Å². The summed E-state index contributed by atoms with van der Waals surface area (Å²) in [6.07, 6.45) is 4.60. The van der Waals surface area contributed by atoms with E-state index in [1.165, 1.54) is 23.8 Å². The largest absolute Gasteiger partial charge is 0.523 e. The Morgan fingerprint density at radius 2 is 1.78 bits per heavy atom. The fourth-order valence-electron chi connectivity index (χ4n) is 5.33. The predicted molar refractivity (Wildman–Crippen MR) is 135 cm³/mol. The molecule has 0 saturated carbocycles. The maximum atomic E-state index is 13.1. The fraction of sp³-hybridized carbons (Fsp3) is 0.536. The first-order valence-corrected chi connectivity index (χ1v) is 12.9. The number of allylic oxidation sites excluding steroid dienone is 2. The van der Waals surface area contributed by atoms with Crippen molar-refractivity contribution in [1.29, 1.82) is 0 Å². The first kappa shape index (κ1) is 27.4. The summed E-state index contributed by atoms with van der Waals surface area (Å²) in [6, 6.07) is 6.75. The van der Waals surface area contributed by atoms with E-state index in [-0.39, 0.29) is 17.8 Å². The molecule has 1 saturated heterocycles. The molecule has 0 amide bonds. The molecule has 1 aromatic heterocycles. The molecular formula is C28H35F4N3O2. The molecule has 1 aliphatic carbocycles. The molecule has 37 heavy (non-hydrogen) atoms. The molecule has 1 unspecified atom stereocenters. The molecule has 0 spiro atoms. The van der Waals surface area contributed by atoms with Crippen molar-refractivity contribution >= 4 is 0 Å². The lowest BCUT2D eigenvalue weighted by Gasteiger charge is -2.32. The van der Waals surface area contributed by atoms with Gasteiger partial charge in [0.1, 0.15) is 5.82 Å². The number of alkyl halides is 3. The van der Waals surface area contributed by atoms with Crippen LogP contribution < -0.4 is 5.56 Å². The van der Waals surface area contributed by atoms with E-state index in [1.807, 2.05) is 30.8 Å². The van der Waals surface area contributed by atoms with Crippen LogP contribution in [0.2, 0.25) is 0 Å². The van der Waals surface area contributed by atoms with Crippen LogP contribution in [0.1, 0.15) is 48.9 Å². The third-order valence-corrected chi connectivity index (χ3v) is 7.57. The Labute approximate surface area is 215 Å². The lowest BCUT2D eigenvalue weighted by Crippen LogP contribution is -2.34. The Kier molecular flexibility index (Phi) is 8.75. The Balaban J connectivity index is 1.27. The number of piperidine rings is 1. The number of ether oxygens (including phenoxy) is 1. The van der Waals surface area contributed by atoms with Gasteiger partial charge in [-0.25, -0.2) is 9.07 Å². The Morgan fingerprint density at radius 3 is 2.41 bits per heavy atom. The highest BCUT2D eigenvalue weighted by atomic mass is 19.4. The SMILES string of the molecule is Cc1c(CN2CCC(CCCc3ccc(F)cc3)CC2)n(C)n(CC2=CCC(OC(F)(F)F)C=C2)c1=O. The maximum Gasteiger partial charge on any atom is 0.523 e. The van der Waals surface area contributed by atoms with Crippen LogP contribution in [0.4, 0.5) is 17.6 Å². The smallest absolute Gasteiger partial charge is 0.297 e. The molecule has 0 bridgehead atoms. The van der Waals surface area contributed by atoms with Gasteiger partial charge in [-0.05, 0) is 81.3 Å². The van der Waals surface area contributed by atoms with Gasteiger partial charge in [-0.3, -0.25) is 19.1 Å². The number of hydrogen-bond acceptors (Lipinski definition) is 3. The number of likely N-dealkylation sites (tertiary alicyclic amines) is 1. The highest BCUT2D eigenvalue weighted by Crippen LogP contribution is 2.26. The van der Waals surface area contributed by atoms with Gasteiger partial charge in [0.25, 0.3) is 5.56 Å². The van der Waals surface area contributed by atoms with Gasteiger partial charge >= 0.3 is 6.36 Å². The van der Waals surface area contributed by atoms with Crippen molar-refractivity contribution in [2.45, 2.75) is 71.0 Å². The number of nitrogens with zero attached hydrogens (tertiary/aromatic N) is 3. The van der Waals surface area contributed by atoms with Gasteiger partial charge in [0.15, 0.2) is 0 Å². The lowest BCUT2D eigenvalue weighted by molar-refractivity contribution is -0.336. The Bertz CT molecular complexity index is 1170. The van der Waals surface area contributed by atoms with Crippen molar-refractivity contribution < 1.29 is 22.3 Å². The van der Waals surface area contributed by atoms with Crippen LogP contribution in [0, 0.1) is 18.7 Å². The topological polar surface area (TPSA) is 39.4 Å². The molecule has 9 heteroatoms. The number of aryl methyl sites for hydroxylation is 1. The highest BCUT2D eigenvalue weighted by molar-refractivity contribution is 5.26. The molecule has 4 rings (SSSR count).